The van der Waals surface area contributed by atoms with E-state index in [1.807, 2.05) is 24.8 Å². The Labute approximate surface area is 184 Å². The predicted molar refractivity (Wildman–Crippen MR) is 122 cm³/mol. The fourth-order valence-electron chi connectivity index (χ4n) is 3.79. The molecule has 2 aromatic carbocycles. The number of carbonyl (C=O) groups is 3. The highest BCUT2D eigenvalue weighted by Gasteiger charge is 2.29. The first-order valence-corrected chi connectivity index (χ1v) is 11.0. The van der Waals surface area contributed by atoms with Gasteiger partial charge in [0.1, 0.15) is 6.04 Å². The van der Waals surface area contributed by atoms with E-state index < -0.39 is 6.04 Å². The van der Waals surface area contributed by atoms with Crippen LogP contribution in [0.4, 0.5) is 5.69 Å². The second-order valence-electron chi connectivity index (χ2n) is 8.30. The lowest BCUT2D eigenvalue weighted by atomic mass is 10.0. The number of nitrogens with one attached hydrogen (secondary N) is 2. The number of carbonyl (C=O) groups excluding carboxylic acids is 3. The first-order chi connectivity index (χ1) is 15.0. The van der Waals surface area contributed by atoms with Gasteiger partial charge in [0.15, 0.2) is 0 Å². The zero-order chi connectivity index (χ0) is 22.2. The van der Waals surface area contributed by atoms with Gasteiger partial charge in [0, 0.05) is 18.7 Å². The molecule has 164 valence electrons. The van der Waals surface area contributed by atoms with Crippen molar-refractivity contribution in [3.05, 3.63) is 65.7 Å². The maximum atomic E-state index is 13.1. The molecular weight excluding hydrogens is 390 g/mol. The minimum Gasteiger partial charge on any atom is -0.341 e. The Kier molecular flexibility index (Phi) is 7.82. The number of likely N-dealkylation sites (tertiary alicyclic amines) is 1. The molecule has 0 bridgehead atoms. The maximum Gasteiger partial charge on any atom is 0.255 e. The van der Waals surface area contributed by atoms with Crippen LogP contribution in [0.15, 0.2) is 54.6 Å². The molecule has 0 aliphatic carbocycles. The number of anilines is 1. The molecule has 31 heavy (non-hydrogen) atoms. The molecule has 0 aromatic heterocycles. The van der Waals surface area contributed by atoms with Gasteiger partial charge in [-0.2, -0.15) is 0 Å². The molecule has 2 aromatic rings. The van der Waals surface area contributed by atoms with E-state index in [2.05, 4.69) is 10.6 Å². The van der Waals surface area contributed by atoms with Gasteiger partial charge in [0.2, 0.25) is 5.91 Å². The lowest BCUT2D eigenvalue weighted by Crippen LogP contribution is -2.51. The third-order valence-electron chi connectivity index (χ3n) is 5.59. The van der Waals surface area contributed by atoms with Crippen molar-refractivity contribution in [2.75, 3.05) is 18.4 Å². The minimum absolute atomic E-state index is 0.0314. The summed E-state index contributed by atoms with van der Waals surface area (Å²) in [5, 5.41) is 5.74. The molecule has 6 nitrogen and oxygen atoms in total. The molecule has 1 saturated heterocycles. The van der Waals surface area contributed by atoms with E-state index in [9.17, 15) is 14.4 Å². The number of hydrogen-bond acceptors (Lipinski definition) is 3. The average Bonchev–Trinajstić information content (AvgIpc) is 3.07. The summed E-state index contributed by atoms with van der Waals surface area (Å²) >= 11 is 0. The van der Waals surface area contributed by atoms with Crippen molar-refractivity contribution in [3.8, 4) is 0 Å². The van der Waals surface area contributed by atoms with Crippen LogP contribution >= 0.6 is 0 Å². The van der Waals surface area contributed by atoms with Gasteiger partial charge in [-0.05, 0) is 43.0 Å². The number of benzene rings is 2. The highest BCUT2D eigenvalue weighted by atomic mass is 16.2. The Balaban J connectivity index is 1.75. The third-order valence-corrected chi connectivity index (χ3v) is 5.59. The van der Waals surface area contributed by atoms with Crippen molar-refractivity contribution in [1.82, 2.24) is 10.2 Å². The standard InChI is InChI=1S/C25H31N3O3/c1-18(2)22(25(31)28-16-10-3-4-11-17-28)27-24(30)20-14-8-9-15-21(20)26-23(29)19-12-6-5-7-13-19/h5-9,12-15,18,22H,3-4,10-11,16-17H2,1-2H3,(H,26,29)(H,27,30)/t22-/m1/s1. The smallest absolute Gasteiger partial charge is 0.255 e. The van der Waals surface area contributed by atoms with E-state index in [1.54, 1.807) is 48.5 Å². The Bertz CT molecular complexity index is 903. The summed E-state index contributed by atoms with van der Waals surface area (Å²) in [5.41, 5.74) is 1.26. The molecule has 1 aliphatic rings. The second-order valence-corrected chi connectivity index (χ2v) is 8.30. The largest absolute Gasteiger partial charge is 0.341 e. The molecule has 3 amide bonds. The first-order valence-electron chi connectivity index (χ1n) is 11.0. The summed E-state index contributed by atoms with van der Waals surface area (Å²) in [7, 11) is 0. The predicted octanol–water partition coefficient (Wildman–Crippen LogP) is 4.10. The molecule has 1 atom stereocenters. The number of hydrogen-bond donors (Lipinski definition) is 2. The monoisotopic (exact) mass is 421 g/mol. The van der Waals surface area contributed by atoms with Crippen LogP contribution in [-0.4, -0.2) is 41.8 Å². The molecule has 0 radical (unpaired) electrons. The highest BCUT2D eigenvalue weighted by molar-refractivity contribution is 6.09. The molecule has 6 heteroatoms. The molecule has 1 heterocycles. The quantitative estimate of drug-likeness (QED) is 0.737. The van der Waals surface area contributed by atoms with Gasteiger partial charge in [-0.15, -0.1) is 0 Å². The van der Waals surface area contributed by atoms with Crippen LogP contribution in [0.25, 0.3) is 0 Å². The second kappa shape index (κ2) is 10.8. The Morgan fingerprint density at radius 2 is 1.42 bits per heavy atom. The van der Waals surface area contributed by atoms with E-state index in [0.29, 0.717) is 16.8 Å². The van der Waals surface area contributed by atoms with Gasteiger partial charge in [0.25, 0.3) is 11.8 Å². The van der Waals surface area contributed by atoms with E-state index in [4.69, 9.17) is 0 Å². The van der Waals surface area contributed by atoms with Crippen LogP contribution in [-0.2, 0) is 4.79 Å². The number of rotatable bonds is 6. The van der Waals surface area contributed by atoms with Gasteiger partial charge < -0.3 is 15.5 Å². The van der Waals surface area contributed by atoms with Gasteiger partial charge >= 0.3 is 0 Å². The van der Waals surface area contributed by atoms with Crippen molar-refractivity contribution < 1.29 is 14.4 Å². The maximum absolute atomic E-state index is 13.1. The molecule has 1 fully saturated rings. The average molecular weight is 422 g/mol. The van der Waals surface area contributed by atoms with E-state index in [1.165, 1.54) is 0 Å². The summed E-state index contributed by atoms with van der Waals surface area (Å²) < 4.78 is 0. The molecule has 0 saturated carbocycles. The zero-order valence-corrected chi connectivity index (χ0v) is 18.3. The molecule has 0 spiro atoms. The summed E-state index contributed by atoms with van der Waals surface area (Å²) in [6.45, 7) is 5.34. The SMILES string of the molecule is CC(C)[C@@H](NC(=O)c1ccccc1NC(=O)c1ccccc1)C(=O)N1CCCCCC1. The van der Waals surface area contributed by atoms with Gasteiger partial charge in [-0.3, -0.25) is 14.4 Å². The van der Waals surface area contributed by atoms with Crippen LogP contribution in [0, 0.1) is 5.92 Å². The van der Waals surface area contributed by atoms with Crippen molar-refractivity contribution in [3.63, 3.8) is 0 Å². The zero-order valence-electron chi connectivity index (χ0n) is 18.3. The normalized spacial score (nSPS) is 15.1. The van der Waals surface area contributed by atoms with Crippen LogP contribution in [0.5, 0.6) is 0 Å². The molecule has 1 aliphatic heterocycles. The third kappa shape index (κ3) is 5.94. The first kappa shape index (κ1) is 22.5. The molecule has 3 rings (SSSR count). The van der Waals surface area contributed by atoms with Crippen molar-refractivity contribution in [2.45, 2.75) is 45.6 Å². The van der Waals surface area contributed by atoms with E-state index in [-0.39, 0.29) is 23.6 Å². The Hall–Kier alpha value is -3.15. The lowest BCUT2D eigenvalue weighted by molar-refractivity contribution is -0.134. The fraction of sp³-hybridized carbons (Fsp3) is 0.400. The number of para-hydroxylation sites is 1. The van der Waals surface area contributed by atoms with Gasteiger partial charge in [-0.1, -0.05) is 57.0 Å². The number of nitrogens with zero attached hydrogens (tertiary/aromatic N) is 1. The molecule has 2 N–H and O–H groups in total. The molecule has 0 unspecified atom stereocenters. The number of amides is 3. The van der Waals surface area contributed by atoms with Gasteiger partial charge in [-0.25, -0.2) is 0 Å². The van der Waals surface area contributed by atoms with Crippen molar-refractivity contribution in [1.29, 1.82) is 0 Å². The summed E-state index contributed by atoms with van der Waals surface area (Å²) in [6.07, 6.45) is 4.27. The van der Waals surface area contributed by atoms with Crippen LogP contribution < -0.4 is 10.6 Å². The lowest BCUT2D eigenvalue weighted by Gasteiger charge is -2.29. The van der Waals surface area contributed by atoms with Crippen LogP contribution in [0.3, 0.4) is 0 Å². The minimum atomic E-state index is -0.608. The highest BCUT2D eigenvalue weighted by Crippen LogP contribution is 2.18. The topological polar surface area (TPSA) is 78.5 Å². The van der Waals surface area contributed by atoms with Gasteiger partial charge in [0.05, 0.1) is 11.3 Å². The van der Waals surface area contributed by atoms with E-state index in [0.717, 1.165) is 38.8 Å². The fourth-order valence-corrected chi connectivity index (χ4v) is 3.79. The Morgan fingerprint density at radius 3 is 2.06 bits per heavy atom. The summed E-state index contributed by atoms with van der Waals surface area (Å²) in [6, 6.07) is 15.1. The van der Waals surface area contributed by atoms with E-state index >= 15 is 0 Å². The van der Waals surface area contributed by atoms with Crippen molar-refractivity contribution in [2.24, 2.45) is 5.92 Å². The van der Waals surface area contributed by atoms with Crippen LogP contribution in [0.1, 0.15) is 60.2 Å². The van der Waals surface area contributed by atoms with Crippen molar-refractivity contribution >= 4 is 23.4 Å². The Morgan fingerprint density at radius 1 is 0.806 bits per heavy atom. The summed E-state index contributed by atoms with van der Waals surface area (Å²) in [5.74, 6) is -0.741. The summed E-state index contributed by atoms with van der Waals surface area (Å²) in [4.78, 5) is 40.7. The molecular formula is C25H31N3O3. The van der Waals surface area contributed by atoms with Crippen LogP contribution in [0.2, 0.25) is 0 Å².